The van der Waals surface area contributed by atoms with Crippen LogP contribution in [0.15, 0.2) is 36.4 Å². The van der Waals surface area contributed by atoms with E-state index < -0.39 is 47.2 Å². The molecular formula is C27H29ClF3N5O3S. The molecule has 214 valence electrons. The zero-order valence-corrected chi connectivity index (χ0v) is 23.5. The Bertz CT molecular complexity index is 1480. The van der Waals surface area contributed by atoms with E-state index in [2.05, 4.69) is 20.6 Å². The number of para-hydroxylation sites is 1. The van der Waals surface area contributed by atoms with Crippen LogP contribution >= 0.6 is 23.7 Å². The Labute approximate surface area is 238 Å². The number of aliphatic hydroxyl groups excluding tert-OH is 2. The number of fused-ring (bicyclic) bond motifs is 1. The van der Waals surface area contributed by atoms with Crippen LogP contribution in [0.3, 0.4) is 0 Å². The number of rotatable bonds is 7. The number of hydrogen-bond acceptors (Lipinski definition) is 9. The molecule has 2 heterocycles. The number of benzene rings is 2. The molecule has 0 bridgehead atoms. The Hall–Kier alpha value is -3.03. The Morgan fingerprint density at radius 3 is 2.33 bits per heavy atom. The molecule has 1 aliphatic rings. The summed E-state index contributed by atoms with van der Waals surface area (Å²) in [6.07, 6.45) is -2.11. The van der Waals surface area contributed by atoms with Crippen LogP contribution < -0.4 is 10.6 Å². The summed E-state index contributed by atoms with van der Waals surface area (Å²) in [5.41, 5.74) is 0.246. The highest BCUT2D eigenvalue weighted by molar-refractivity contribution is 7.21. The lowest BCUT2D eigenvalue weighted by Crippen LogP contribution is -2.40. The number of hydrogen-bond donors (Lipinski definition) is 5. The Kier molecular flexibility index (Phi) is 8.57. The number of aliphatic hydroxyl groups is 3. The van der Waals surface area contributed by atoms with Gasteiger partial charge in [-0.05, 0) is 39.3 Å². The molecular weight excluding hydrogens is 567 g/mol. The predicted molar refractivity (Wildman–Crippen MR) is 150 cm³/mol. The molecule has 40 heavy (non-hydrogen) atoms. The lowest BCUT2D eigenvalue weighted by atomic mass is 9.88. The van der Waals surface area contributed by atoms with E-state index in [1.54, 1.807) is 20.8 Å². The van der Waals surface area contributed by atoms with Gasteiger partial charge in [0.1, 0.15) is 34.4 Å². The van der Waals surface area contributed by atoms with Crippen molar-refractivity contribution in [1.29, 1.82) is 0 Å². The van der Waals surface area contributed by atoms with Crippen LogP contribution in [0.25, 0.3) is 20.8 Å². The molecule has 5 N–H and O–H groups in total. The van der Waals surface area contributed by atoms with Crippen LogP contribution in [0.1, 0.15) is 31.5 Å². The first-order chi connectivity index (χ1) is 18.4. The number of aromatic nitrogens is 3. The van der Waals surface area contributed by atoms with Gasteiger partial charge in [-0.25, -0.2) is 23.1 Å². The molecule has 13 heteroatoms. The summed E-state index contributed by atoms with van der Waals surface area (Å²) in [6, 6.07) is 8.13. The summed E-state index contributed by atoms with van der Waals surface area (Å²) in [6.45, 7) is 4.54. The zero-order valence-electron chi connectivity index (χ0n) is 21.8. The second kappa shape index (κ2) is 11.5. The first kappa shape index (κ1) is 29.9. The predicted octanol–water partition coefficient (Wildman–Crippen LogP) is 4.81. The molecule has 1 fully saturated rings. The molecule has 4 atom stereocenters. The number of halogens is 4. The minimum absolute atomic E-state index is 0. The van der Waals surface area contributed by atoms with Crippen LogP contribution in [0.2, 0.25) is 0 Å². The van der Waals surface area contributed by atoms with Gasteiger partial charge in [0.2, 0.25) is 5.95 Å². The minimum atomic E-state index is -1.23. The molecule has 0 amide bonds. The highest BCUT2D eigenvalue weighted by Crippen LogP contribution is 2.40. The Morgan fingerprint density at radius 2 is 1.70 bits per heavy atom. The summed E-state index contributed by atoms with van der Waals surface area (Å²) in [5.74, 6) is -3.37. The fourth-order valence-electron chi connectivity index (χ4n) is 4.95. The highest BCUT2D eigenvalue weighted by Gasteiger charge is 2.48. The number of thiazole rings is 1. The molecule has 8 nitrogen and oxygen atoms in total. The molecule has 5 rings (SSSR count). The maximum absolute atomic E-state index is 14.2. The van der Waals surface area contributed by atoms with Crippen LogP contribution in [0.4, 0.5) is 24.9 Å². The number of aryl methyl sites for hydroxylation is 1. The first-order valence-electron chi connectivity index (χ1n) is 12.4. The summed E-state index contributed by atoms with van der Waals surface area (Å²) in [4.78, 5) is 13.7. The van der Waals surface area contributed by atoms with E-state index in [4.69, 9.17) is 4.98 Å². The number of anilines is 2. The molecule has 2 aromatic heterocycles. The molecule has 0 unspecified atom stereocenters. The average Bonchev–Trinajstić information content (AvgIpc) is 3.39. The van der Waals surface area contributed by atoms with Gasteiger partial charge in [0, 0.05) is 30.2 Å². The number of nitrogens with zero attached hydrogens (tertiary/aromatic N) is 3. The van der Waals surface area contributed by atoms with Gasteiger partial charge in [0.05, 0.1) is 39.2 Å². The van der Waals surface area contributed by atoms with Crippen LogP contribution in [0.5, 0.6) is 0 Å². The van der Waals surface area contributed by atoms with Crippen molar-refractivity contribution in [1.82, 2.24) is 15.0 Å². The third kappa shape index (κ3) is 5.86. The third-order valence-corrected chi connectivity index (χ3v) is 8.09. The molecule has 2 aromatic carbocycles. The first-order valence-corrected chi connectivity index (χ1v) is 13.2. The topological polar surface area (TPSA) is 123 Å². The second-order valence-electron chi connectivity index (χ2n) is 10.3. The minimum Gasteiger partial charge on any atom is -0.390 e. The van der Waals surface area contributed by atoms with E-state index in [0.29, 0.717) is 28.4 Å². The van der Waals surface area contributed by atoms with Gasteiger partial charge in [0.15, 0.2) is 0 Å². The SMILES string of the molecule is Cc1nc(NCc2c(F)cc(F)cc2F)nc(N[C@@H]2C[C@H](C(C)(C)O)[C@@H](O)[C@H]2O)c1-c1nc2ccccc2s1.Cl. The monoisotopic (exact) mass is 595 g/mol. The third-order valence-electron chi connectivity index (χ3n) is 7.04. The number of nitrogens with one attached hydrogen (secondary N) is 2. The molecule has 0 spiro atoms. The lowest BCUT2D eigenvalue weighted by molar-refractivity contribution is -0.0601. The summed E-state index contributed by atoms with van der Waals surface area (Å²) in [5, 5.41) is 38.5. The van der Waals surface area contributed by atoms with Crippen molar-refractivity contribution in [3.8, 4) is 10.6 Å². The second-order valence-corrected chi connectivity index (χ2v) is 11.3. The van der Waals surface area contributed by atoms with Crippen LogP contribution in [-0.2, 0) is 6.54 Å². The molecule has 0 saturated heterocycles. The van der Waals surface area contributed by atoms with Crippen molar-refractivity contribution in [2.24, 2.45) is 5.92 Å². The molecule has 0 radical (unpaired) electrons. The van der Waals surface area contributed by atoms with Gasteiger partial charge in [-0.3, -0.25) is 0 Å². The zero-order chi connectivity index (χ0) is 28.1. The van der Waals surface area contributed by atoms with Crippen molar-refractivity contribution in [2.45, 2.75) is 57.6 Å². The Balaban J connectivity index is 0.00000370. The van der Waals surface area contributed by atoms with Crippen molar-refractivity contribution >= 4 is 45.7 Å². The Morgan fingerprint density at radius 1 is 1.02 bits per heavy atom. The lowest BCUT2D eigenvalue weighted by Gasteiger charge is -2.28. The average molecular weight is 596 g/mol. The van der Waals surface area contributed by atoms with E-state index in [9.17, 15) is 28.5 Å². The summed E-state index contributed by atoms with van der Waals surface area (Å²) in [7, 11) is 0. The van der Waals surface area contributed by atoms with Gasteiger partial charge >= 0.3 is 0 Å². The fraction of sp³-hybridized carbons (Fsp3) is 0.370. The van der Waals surface area contributed by atoms with Crippen molar-refractivity contribution in [3.63, 3.8) is 0 Å². The largest absolute Gasteiger partial charge is 0.390 e. The van der Waals surface area contributed by atoms with E-state index in [0.717, 1.165) is 10.2 Å². The van der Waals surface area contributed by atoms with Gasteiger partial charge < -0.3 is 26.0 Å². The van der Waals surface area contributed by atoms with Crippen LogP contribution in [-0.4, -0.2) is 54.1 Å². The quantitative estimate of drug-likeness (QED) is 0.206. The standard InChI is InChI=1S/C27H28F3N5O3S.ClH/c1-12-21(25-34-18-6-4-5-7-20(18)39-25)24(33-19-10-15(27(2,3)38)22(36)23(19)37)35-26(32-12)31-11-14-16(29)8-13(28)9-17(14)30;/h4-9,15,19,22-23,36-38H,10-11H2,1-3H3,(H2,31,32,33,35);1H/t15-,19+,22+,23-;/m0./s1. The normalized spacial score (nSPS) is 20.9. The van der Waals surface area contributed by atoms with Crippen LogP contribution in [0, 0.1) is 30.3 Å². The van der Waals surface area contributed by atoms with E-state index >= 15 is 0 Å². The van der Waals surface area contributed by atoms with Gasteiger partial charge in [-0.15, -0.1) is 23.7 Å². The molecule has 1 aliphatic carbocycles. The smallest absolute Gasteiger partial charge is 0.225 e. The van der Waals surface area contributed by atoms with Crippen molar-refractivity contribution < 1.29 is 28.5 Å². The van der Waals surface area contributed by atoms with Gasteiger partial charge in [-0.2, -0.15) is 4.98 Å². The fourth-order valence-corrected chi connectivity index (χ4v) is 6.02. The van der Waals surface area contributed by atoms with Gasteiger partial charge in [0.25, 0.3) is 0 Å². The summed E-state index contributed by atoms with van der Waals surface area (Å²) >= 11 is 1.43. The molecule has 0 aliphatic heterocycles. The van der Waals surface area contributed by atoms with E-state index in [1.807, 2.05) is 24.3 Å². The van der Waals surface area contributed by atoms with Gasteiger partial charge in [-0.1, -0.05) is 12.1 Å². The van der Waals surface area contributed by atoms with E-state index in [1.165, 1.54) is 11.3 Å². The maximum atomic E-state index is 14.2. The molecule has 1 saturated carbocycles. The van der Waals surface area contributed by atoms with Crippen molar-refractivity contribution in [3.05, 3.63) is 65.1 Å². The maximum Gasteiger partial charge on any atom is 0.225 e. The highest BCUT2D eigenvalue weighted by atomic mass is 35.5. The summed E-state index contributed by atoms with van der Waals surface area (Å²) < 4.78 is 42.6. The van der Waals surface area contributed by atoms with E-state index in [-0.39, 0.29) is 42.7 Å². The van der Waals surface area contributed by atoms with Crippen molar-refractivity contribution in [2.75, 3.05) is 10.6 Å². The molecule has 4 aromatic rings.